The van der Waals surface area contributed by atoms with E-state index in [4.69, 9.17) is 11.6 Å². The highest BCUT2D eigenvalue weighted by Crippen LogP contribution is 2.34. The number of piperidine rings is 1. The average molecular weight is 455 g/mol. The van der Waals surface area contributed by atoms with Gasteiger partial charge in [-0.15, -0.1) is 0 Å². The Labute approximate surface area is 177 Å². The van der Waals surface area contributed by atoms with E-state index in [9.17, 15) is 16.8 Å². The molecule has 2 aromatic rings. The molecule has 0 spiro atoms. The summed E-state index contributed by atoms with van der Waals surface area (Å²) < 4.78 is 55.2. The number of nitrogens with zero attached hydrogens (tertiary/aromatic N) is 2. The molecule has 6 nitrogen and oxygen atoms in total. The Morgan fingerprint density at radius 2 is 1.38 bits per heavy atom. The summed E-state index contributed by atoms with van der Waals surface area (Å²) in [5.74, 6) is 0. The van der Waals surface area contributed by atoms with Gasteiger partial charge in [-0.1, -0.05) is 18.0 Å². The van der Waals surface area contributed by atoms with Gasteiger partial charge in [0.15, 0.2) is 0 Å². The van der Waals surface area contributed by atoms with Crippen LogP contribution in [0.1, 0.15) is 31.2 Å². The summed E-state index contributed by atoms with van der Waals surface area (Å²) >= 11 is 5.88. The number of benzene rings is 2. The van der Waals surface area contributed by atoms with Gasteiger partial charge in [0.25, 0.3) is 10.0 Å². The van der Waals surface area contributed by atoms with Crippen LogP contribution in [0.4, 0.5) is 5.69 Å². The Hall–Kier alpha value is -1.61. The lowest BCUT2D eigenvalue weighted by Gasteiger charge is -2.31. The first kappa shape index (κ1) is 20.7. The van der Waals surface area contributed by atoms with E-state index in [0.29, 0.717) is 43.2 Å². The van der Waals surface area contributed by atoms with Crippen molar-refractivity contribution in [3.05, 3.63) is 53.1 Å². The smallest absolute Gasteiger partial charge is 0.264 e. The first-order valence-corrected chi connectivity index (χ1v) is 13.0. The van der Waals surface area contributed by atoms with E-state index in [2.05, 4.69) is 0 Å². The molecule has 0 atom stereocenters. The monoisotopic (exact) mass is 454 g/mol. The zero-order valence-corrected chi connectivity index (χ0v) is 18.3. The van der Waals surface area contributed by atoms with Gasteiger partial charge >= 0.3 is 0 Å². The number of aryl methyl sites for hydroxylation is 1. The molecule has 2 heterocycles. The SMILES string of the molecule is O=S(=O)(c1ccc2c(c1)CCCN2S(=O)(=O)c1ccc(Cl)cc1)N1CCCCC1. The summed E-state index contributed by atoms with van der Waals surface area (Å²) in [4.78, 5) is 0.406. The van der Waals surface area contributed by atoms with Gasteiger partial charge < -0.3 is 0 Å². The van der Waals surface area contributed by atoms with Crippen LogP contribution in [-0.4, -0.2) is 40.8 Å². The van der Waals surface area contributed by atoms with E-state index < -0.39 is 20.0 Å². The van der Waals surface area contributed by atoms with Crippen LogP contribution in [0.5, 0.6) is 0 Å². The van der Waals surface area contributed by atoms with Gasteiger partial charge in [-0.05, 0) is 73.7 Å². The third kappa shape index (κ3) is 3.91. The lowest BCUT2D eigenvalue weighted by atomic mass is 10.0. The molecule has 0 N–H and O–H groups in total. The molecule has 1 saturated heterocycles. The summed E-state index contributed by atoms with van der Waals surface area (Å²) in [6.45, 7) is 1.43. The van der Waals surface area contributed by atoms with Crippen molar-refractivity contribution in [2.24, 2.45) is 0 Å². The number of sulfonamides is 2. The summed E-state index contributed by atoms with van der Waals surface area (Å²) in [5.41, 5.74) is 1.29. The lowest BCUT2D eigenvalue weighted by Crippen LogP contribution is -2.37. The van der Waals surface area contributed by atoms with Gasteiger partial charge in [0.1, 0.15) is 0 Å². The Morgan fingerprint density at radius 1 is 0.724 bits per heavy atom. The number of fused-ring (bicyclic) bond motifs is 1. The van der Waals surface area contributed by atoms with Crippen molar-refractivity contribution in [1.82, 2.24) is 4.31 Å². The largest absolute Gasteiger partial charge is 0.266 e. The first-order chi connectivity index (χ1) is 13.8. The summed E-state index contributed by atoms with van der Waals surface area (Å²) in [6.07, 6.45) is 4.07. The number of rotatable bonds is 4. The molecule has 0 saturated carbocycles. The van der Waals surface area contributed by atoms with Crippen molar-refractivity contribution >= 4 is 37.3 Å². The van der Waals surface area contributed by atoms with Gasteiger partial charge in [0.05, 0.1) is 15.5 Å². The van der Waals surface area contributed by atoms with Crippen LogP contribution in [0.2, 0.25) is 5.02 Å². The minimum atomic E-state index is -3.75. The number of anilines is 1. The van der Waals surface area contributed by atoms with E-state index in [1.165, 1.54) is 26.8 Å². The molecule has 1 fully saturated rings. The van der Waals surface area contributed by atoms with Crippen molar-refractivity contribution in [3.8, 4) is 0 Å². The van der Waals surface area contributed by atoms with Crippen molar-refractivity contribution < 1.29 is 16.8 Å². The molecule has 0 bridgehead atoms. The van der Waals surface area contributed by atoms with Crippen molar-refractivity contribution in [2.45, 2.75) is 41.9 Å². The van der Waals surface area contributed by atoms with Gasteiger partial charge in [0, 0.05) is 24.7 Å². The highest BCUT2D eigenvalue weighted by Gasteiger charge is 2.31. The van der Waals surface area contributed by atoms with Gasteiger partial charge in [-0.2, -0.15) is 4.31 Å². The van der Waals surface area contributed by atoms with Crippen molar-refractivity contribution in [2.75, 3.05) is 23.9 Å². The second kappa shape index (κ2) is 7.91. The van der Waals surface area contributed by atoms with Crippen LogP contribution in [0, 0.1) is 0 Å². The third-order valence-corrected chi connectivity index (χ3v) is 9.46. The minimum Gasteiger partial charge on any atom is -0.266 e. The molecule has 2 aromatic carbocycles. The van der Waals surface area contributed by atoms with Crippen LogP contribution >= 0.6 is 11.6 Å². The Bertz CT molecular complexity index is 1110. The zero-order valence-electron chi connectivity index (χ0n) is 15.9. The predicted molar refractivity (Wildman–Crippen MR) is 113 cm³/mol. The van der Waals surface area contributed by atoms with Crippen LogP contribution < -0.4 is 4.31 Å². The molecule has 9 heteroatoms. The topological polar surface area (TPSA) is 74.8 Å². The highest BCUT2D eigenvalue weighted by atomic mass is 35.5. The molecule has 0 radical (unpaired) electrons. The van der Waals surface area contributed by atoms with Crippen LogP contribution in [-0.2, 0) is 26.5 Å². The van der Waals surface area contributed by atoms with E-state index in [1.807, 2.05) is 0 Å². The summed E-state index contributed by atoms with van der Waals surface area (Å²) in [6, 6.07) is 10.9. The minimum absolute atomic E-state index is 0.166. The molecule has 2 aliphatic rings. The molecule has 2 aliphatic heterocycles. The maximum atomic E-state index is 13.1. The van der Waals surface area contributed by atoms with E-state index in [0.717, 1.165) is 24.8 Å². The molecule has 0 unspecified atom stereocenters. The molecule has 4 rings (SSSR count). The van der Waals surface area contributed by atoms with Gasteiger partial charge in [-0.25, -0.2) is 16.8 Å². The average Bonchev–Trinajstić information content (AvgIpc) is 2.73. The van der Waals surface area contributed by atoms with Gasteiger partial charge in [-0.3, -0.25) is 4.31 Å². The third-order valence-electron chi connectivity index (χ3n) is 5.48. The van der Waals surface area contributed by atoms with Crippen LogP contribution in [0.25, 0.3) is 0 Å². The standard InChI is InChI=1S/C20H23ClN2O4S2/c21-17-6-8-18(9-7-17)29(26,27)23-14-4-5-16-15-19(10-11-20(16)23)28(24,25)22-12-2-1-3-13-22/h6-11,15H,1-5,12-14H2. The number of hydrogen-bond donors (Lipinski definition) is 0. The fraction of sp³-hybridized carbons (Fsp3) is 0.400. The lowest BCUT2D eigenvalue weighted by molar-refractivity contribution is 0.346. The van der Waals surface area contributed by atoms with Crippen molar-refractivity contribution in [1.29, 1.82) is 0 Å². The predicted octanol–water partition coefficient (Wildman–Crippen LogP) is 3.66. The number of halogens is 1. The van der Waals surface area contributed by atoms with Crippen molar-refractivity contribution in [3.63, 3.8) is 0 Å². The quantitative estimate of drug-likeness (QED) is 0.706. The van der Waals surface area contributed by atoms with Gasteiger partial charge in [0.2, 0.25) is 10.0 Å². The van der Waals surface area contributed by atoms with E-state index in [-0.39, 0.29) is 9.79 Å². The van der Waals surface area contributed by atoms with Crippen LogP contribution in [0.3, 0.4) is 0 Å². The van der Waals surface area contributed by atoms with Crippen LogP contribution in [0.15, 0.2) is 52.3 Å². The normalized spacial score (nSPS) is 18.4. The number of hydrogen-bond acceptors (Lipinski definition) is 4. The summed E-state index contributed by atoms with van der Waals surface area (Å²) in [5, 5.41) is 0.468. The summed E-state index contributed by atoms with van der Waals surface area (Å²) in [7, 11) is -7.30. The molecule has 29 heavy (non-hydrogen) atoms. The second-order valence-electron chi connectivity index (χ2n) is 7.39. The second-order valence-corrected chi connectivity index (χ2v) is 11.6. The molecule has 0 aromatic heterocycles. The highest BCUT2D eigenvalue weighted by molar-refractivity contribution is 7.92. The molecule has 156 valence electrons. The molecule has 0 aliphatic carbocycles. The molecule has 0 amide bonds. The maximum Gasteiger partial charge on any atom is 0.264 e. The zero-order chi connectivity index (χ0) is 20.6. The maximum absolute atomic E-state index is 13.1. The Morgan fingerprint density at radius 3 is 2.07 bits per heavy atom. The first-order valence-electron chi connectivity index (χ1n) is 9.71. The van der Waals surface area contributed by atoms with E-state index >= 15 is 0 Å². The Balaban J connectivity index is 1.69. The fourth-order valence-electron chi connectivity index (χ4n) is 3.94. The fourth-order valence-corrected chi connectivity index (χ4v) is 7.17. The molecular weight excluding hydrogens is 432 g/mol. The molecular formula is C20H23ClN2O4S2. The Kier molecular flexibility index (Phi) is 5.63. The van der Waals surface area contributed by atoms with E-state index in [1.54, 1.807) is 24.3 Å².